The van der Waals surface area contributed by atoms with Crippen LogP contribution in [-0.4, -0.2) is 114 Å². The summed E-state index contributed by atoms with van der Waals surface area (Å²) in [5.41, 5.74) is 0.286. The lowest BCUT2D eigenvalue weighted by Crippen LogP contribution is -2.58. The van der Waals surface area contributed by atoms with Gasteiger partial charge in [0.25, 0.3) is 0 Å². The molecule has 15 heteroatoms. The lowest BCUT2D eigenvalue weighted by atomic mass is 9.85. The van der Waals surface area contributed by atoms with Gasteiger partial charge in [0, 0.05) is 38.1 Å². The number of alkyl carbamates (subject to hydrolysis) is 1. The van der Waals surface area contributed by atoms with Crippen LogP contribution in [0.25, 0.3) is 0 Å². The summed E-state index contributed by atoms with van der Waals surface area (Å²) >= 11 is 0. The number of benzene rings is 1. The van der Waals surface area contributed by atoms with E-state index in [1.54, 1.807) is 38.7 Å². The highest BCUT2D eigenvalue weighted by Gasteiger charge is 2.72. The van der Waals surface area contributed by atoms with Gasteiger partial charge in [0.1, 0.15) is 41.9 Å². The van der Waals surface area contributed by atoms with Crippen LogP contribution in [0.5, 0.6) is 5.75 Å². The van der Waals surface area contributed by atoms with Gasteiger partial charge in [-0.1, -0.05) is 39.8 Å². The molecule has 1 aromatic carbocycles. The molecule has 14 nitrogen and oxygen atoms in total. The van der Waals surface area contributed by atoms with Crippen molar-refractivity contribution in [1.82, 2.24) is 25.3 Å². The lowest BCUT2D eigenvalue weighted by molar-refractivity contribution is -0.142. The molecule has 0 spiro atoms. The third kappa shape index (κ3) is 8.44. The summed E-state index contributed by atoms with van der Waals surface area (Å²) in [5, 5.41) is 4.11. The highest BCUT2D eigenvalue weighted by atomic mass is 31.2. The fraction of sp³-hybridized carbons (Fsp3) is 0.676. The van der Waals surface area contributed by atoms with Crippen LogP contribution < -0.4 is 15.4 Å². The van der Waals surface area contributed by atoms with Gasteiger partial charge in [-0.25, -0.2) is 9.59 Å². The van der Waals surface area contributed by atoms with Crippen molar-refractivity contribution in [3.63, 3.8) is 0 Å². The largest absolute Gasteiger partial charge is 0.492 e. The number of nitrogens with one attached hydrogen (secondary N) is 2. The van der Waals surface area contributed by atoms with Crippen LogP contribution in [0, 0.1) is 10.8 Å². The van der Waals surface area contributed by atoms with Crippen molar-refractivity contribution < 1.29 is 42.8 Å². The first kappa shape index (κ1) is 39.6. The number of fused-ring (bicyclic) bond motifs is 1. The molecule has 0 radical (unpaired) electrons. The summed E-state index contributed by atoms with van der Waals surface area (Å²) in [5.74, 6) is -0.487. The van der Waals surface area contributed by atoms with Crippen LogP contribution in [0.4, 0.5) is 9.59 Å². The topological polar surface area (TPSA) is 167 Å². The molecule has 2 aliphatic heterocycles. The molecular formula is C37H56N5O9P. The van der Waals surface area contributed by atoms with Crippen molar-refractivity contribution in [2.45, 2.75) is 109 Å². The zero-order chi connectivity index (χ0) is 38.2. The van der Waals surface area contributed by atoms with Crippen LogP contribution >= 0.6 is 7.37 Å². The number of nitrogens with zero attached hydrogens (tertiary/aromatic N) is 3. The average molecular weight is 746 g/mol. The number of ether oxygens (including phenoxy) is 3. The van der Waals surface area contributed by atoms with E-state index < -0.39 is 65.7 Å². The number of rotatable bonds is 12. The number of hydrogen-bond acceptors (Lipinski definition) is 9. The molecule has 52 heavy (non-hydrogen) atoms. The minimum Gasteiger partial charge on any atom is -0.492 e. The molecule has 1 saturated heterocycles. The van der Waals surface area contributed by atoms with E-state index in [-0.39, 0.29) is 25.5 Å². The number of carbonyl (C=O) groups excluding carboxylic acids is 4. The van der Waals surface area contributed by atoms with Gasteiger partial charge in [-0.2, -0.15) is 0 Å². The van der Waals surface area contributed by atoms with E-state index in [9.17, 15) is 28.6 Å². The first-order valence-corrected chi connectivity index (χ1v) is 20.3. The molecule has 4 aliphatic rings. The molecule has 3 N–H and O–H groups in total. The Hall–Kier alpha value is -3.61. The van der Waals surface area contributed by atoms with E-state index in [2.05, 4.69) is 17.2 Å². The van der Waals surface area contributed by atoms with Gasteiger partial charge in [-0.15, -0.1) is 6.58 Å². The maximum absolute atomic E-state index is 14.4. The Labute approximate surface area is 307 Å². The Kier molecular flexibility index (Phi) is 11.4. The highest BCUT2D eigenvalue weighted by molar-refractivity contribution is 7.59. The Balaban J connectivity index is 1.33. The minimum atomic E-state index is -3.89. The Bertz CT molecular complexity index is 1600. The van der Waals surface area contributed by atoms with Gasteiger partial charge in [-0.05, 0) is 74.9 Å². The molecule has 2 heterocycles. The van der Waals surface area contributed by atoms with Crippen LogP contribution in [0.15, 0.2) is 30.9 Å². The number of likely N-dealkylation sites (tertiary alicyclic amines) is 1. The Morgan fingerprint density at radius 3 is 2.38 bits per heavy atom. The maximum Gasteiger partial charge on any atom is 0.410 e. The van der Waals surface area contributed by atoms with Crippen molar-refractivity contribution in [1.29, 1.82) is 0 Å². The van der Waals surface area contributed by atoms with Crippen molar-refractivity contribution in [3.05, 3.63) is 42.0 Å². The molecular weight excluding hydrogens is 689 g/mol. The first-order chi connectivity index (χ1) is 24.3. The molecule has 288 valence electrons. The number of amides is 4. The predicted molar refractivity (Wildman–Crippen MR) is 195 cm³/mol. The Morgan fingerprint density at radius 1 is 1.12 bits per heavy atom. The standard InChI is InChI=1S/C37H56N5O9P/c1-9-36(5)23-37(36,52(8,47)48)39-31(43)29-19-28(22-42(29)32(44)30(35(2,3)4)38-33(45)50-26-12-10-11-13-26)51-34(46)41-20-24-14-15-27(18-25(24)21-41)49-17-16-40(6)7/h9,14-15,18,26,28-30H,1,10-13,16-17,19-23H2,2-8H3,(H,38,45)(H,39,43)(H,47,48)/t28-,29+,30-,36?,37+/m1/s1. The van der Waals surface area contributed by atoms with Crippen LogP contribution in [0.1, 0.15) is 77.3 Å². The SMILES string of the molecule is C=CC1(C)C[C@]1(NC(=O)[C@@H]1C[C@@H](OC(=O)N2Cc3ccc(OCCN(C)C)cc3C2)CN1C(=O)[C@@H](NC(=O)OC1CCCC1)C(C)(C)C)P(C)(=O)O. The van der Waals surface area contributed by atoms with Crippen molar-refractivity contribution >= 4 is 31.4 Å². The van der Waals surface area contributed by atoms with Crippen LogP contribution in [-0.2, 0) is 36.7 Å². The molecule has 2 unspecified atom stereocenters. The van der Waals surface area contributed by atoms with Gasteiger partial charge >= 0.3 is 12.2 Å². The zero-order valence-corrected chi connectivity index (χ0v) is 32.5. The summed E-state index contributed by atoms with van der Waals surface area (Å²) in [6.45, 7) is 14.0. The van der Waals surface area contributed by atoms with E-state index >= 15 is 0 Å². The number of likely N-dealkylation sites (N-methyl/N-ethyl adjacent to an activating group) is 1. The third-order valence-electron chi connectivity index (χ3n) is 11.0. The van der Waals surface area contributed by atoms with Gasteiger partial charge in [-0.3, -0.25) is 19.1 Å². The Morgan fingerprint density at radius 2 is 1.79 bits per heavy atom. The fourth-order valence-corrected chi connectivity index (χ4v) is 9.56. The fourth-order valence-electron chi connectivity index (χ4n) is 7.58. The normalized spacial score (nSPS) is 27.4. The van der Waals surface area contributed by atoms with Gasteiger partial charge < -0.3 is 39.5 Å². The summed E-state index contributed by atoms with van der Waals surface area (Å²) < 4.78 is 30.6. The molecule has 0 aromatic heterocycles. The maximum atomic E-state index is 14.4. The molecule has 0 bridgehead atoms. The van der Waals surface area contributed by atoms with Gasteiger partial charge in [0.2, 0.25) is 19.2 Å². The molecule has 4 amide bonds. The highest BCUT2D eigenvalue weighted by Crippen LogP contribution is 2.74. The summed E-state index contributed by atoms with van der Waals surface area (Å²) in [7, 11) is 0.0486. The van der Waals surface area contributed by atoms with Gasteiger partial charge in [0.05, 0.1) is 6.54 Å². The summed E-state index contributed by atoms with van der Waals surface area (Å²) in [6.07, 6.45) is 2.77. The van der Waals surface area contributed by atoms with Crippen molar-refractivity contribution in [3.8, 4) is 5.75 Å². The molecule has 6 atom stereocenters. The second kappa shape index (κ2) is 15.0. The molecule has 2 aliphatic carbocycles. The van der Waals surface area contributed by atoms with Crippen molar-refractivity contribution in [2.75, 3.05) is 40.5 Å². The second-order valence-corrected chi connectivity index (χ2v) is 19.0. The van der Waals surface area contributed by atoms with Crippen LogP contribution in [0.2, 0.25) is 0 Å². The average Bonchev–Trinajstić information content (AvgIpc) is 3.55. The van der Waals surface area contributed by atoms with E-state index in [1.165, 1.54) is 11.6 Å². The summed E-state index contributed by atoms with van der Waals surface area (Å²) in [4.78, 5) is 70.8. The molecule has 1 aromatic rings. The predicted octanol–water partition coefficient (Wildman–Crippen LogP) is 4.44. The minimum absolute atomic E-state index is 0.0440. The molecule has 5 rings (SSSR count). The van der Waals surface area contributed by atoms with E-state index in [4.69, 9.17) is 14.2 Å². The number of hydrogen-bond donors (Lipinski definition) is 3. The quantitative estimate of drug-likeness (QED) is 0.206. The van der Waals surface area contributed by atoms with E-state index in [1.807, 2.05) is 37.2 Å². The first-order valence-electron chi connectivity index (χ1n) is 18.2. The second-order valence-electron chi connectivity index (χ2n) is 16.5. The number of carbonyl (C=O) groups is 4. The third-order valence-corrected chi connectivity index (χ3v) is 13.2. The van der Waals surface area contributed by atoms with Crippen LogP contribution in [0.3, 0.4) is 0 Å². The molecule has 2 saturated carbocycles. The monoisotopic (exact) mass is 745 g/mol. The lowest BCUT2D eigenvalue weighted by Gasteiger charge is -2.36. The zero-order valence-electron chi connectivity index (χ0n) is 31.6. The van der Waals surface area contributed by atoms with Gasteiger partial charge in [0.15, 0.2) is 0 Å². The summed E-state index contributed by atoms with van der Waals surface area (Å²) in [6, 6.07) is 3.49. The smallest absolute Gasteiger partial charge is 0.410 e. The van der Waals surface area contributed by atoms with Crippen molar-refractivity contribution in [2.24, 2.45) is 10.8 Å². The molecule has 3 fully saturated rings. The van der Waals surface area contributed by atoms with E-state index in [0.29, 0.717) is 25.4 Å². The van der Waals surface area contributed by atoms with E-state index in [0.717, 1.165) is 43.4 Å².